The summed E-state index contributed by atoms with van der Waals surface area (Å²) >= 11 is 6.11. The molecule has 2 nitrogen and oxygen atoms in total. The van der Waals surface area contributed by atoms with Gasteiger partial charge < -0.3 is 10.1 Å². The number of halogens is 1. The van der Waals surface area contributed by atoms with Gasteiger partial charge >= 0.3 is 0 Å². The smallest absolute Gasteiger partial charge is 0.142 e. The van der Waals surface area contributed by atoms with E-state index in [0.717, 1.165) is 17.9 Å². The fourth-order valence-corrected chi connectivity index (χ4v) is 1.61. The van der Waals surface area contributed by atoms with Gasteiger partial charge in [0.25, 0.3) is 0 Å². The summed E-state index contributed by atoms with van der Waals surface area (Å²) in [5.74, 6) is 0.795. The average molecular weight is 242 g/mol. The molecular formula is C13H20ClNO. The van der Waals surface area contributed by atoms with Crippen LogP contribution >= 0.6 is 11.6 Å². The molecule has 1 aromatic carbocycles. The van der Waals surface area contributed by atoms with Crippen molar-refractivity contribution in [2.24, 2.45) is 0 Å². The summed E-state index contributed by atoms with van der Waals surface area (Å²) in [4.78, 5) is 0. The summed E-state index contributed by atoms with van der Waals surface area (Å²) in [6, 6.07) is 5.84. The van der Waals surface area contributed by atoms with Gasteiger partial charge in [-0.2, -0.15) is 0 Å². The lowest BCUT2D eigenvalue weighted by Crippen LogP contribution is -2.35. The molecule has 0 aromatic heterocycles. The van der Waals surface area contributed by atoms with E-state index >= 15 is 0 Å². The highest BCUT2D eigenvalue weighted by atomic mass is 35.5. The van der Waals surface area contributed by atoms with Crippen molar-refractivity contribution in [1.29, 1.82) is 0 Å². The second-order valence-corrected chi connectivity index (χ2v) is 5.17. The molecule has 0 aliphatic carbocycles. The first-order valence-corrected chi connectivity index (χ1v) is 5.97. The first kappa shape index (κ1) is 13.3. The Morgan fingerprint density at radius 3 is 2.56 bits per heavy atom. The maximum atomic E-state index is 6.11. The summed E-state index contributed by atoms with van der Waals surface area (Å²) in [5, 5.41) is 4.10. The summed E-state index contributed by atoms with van der Waals surface area (Å²) in [7, 11) is 0. The minimum absolute atomic E-state index is 0.0891. The van der Waals surface area contributed by atoms with Crippen LogP contribution < -0.4 is 10.1 Å². The molecule has 0 saturated carbocycles. The molecular weight excluding hydrogens is 222 g/mol. The van der Waals surface area contributed by atoms with Crippen molar-refractivity contribution >= 4 is 11.6 Å². The van der Waals surface area contributed by atoms with E-state index in [-0.39, 0.29) is 5.54 Å². The molecule has 0 saturated heterocycles. The minimum Gasteiger partial charge on any atom is -0.492 e. The Morgan fingerprint density at radius 2 is 2.00 bits per heavy atom. The van der Waals surface area contributed by atoms with Gasteiger partial charge in [-0.25, -0.2) is 0 Å². The Morgan fingerprint density at radius 1 is 1.31 bits per heavy atom. The highest BCUT2D eigenvalue weighted by Crippen LogP contribution is 2.28. The Balaban J connectivity index is 2.82. The number of hydrogen-bond acceptors (Lipinski definition) is 2. The fraction of sp³-hybridized carbons (Fsp3) is 0.538. The van der Waals surface area contributed by atoms with Crippen molar-refractivity contribution in [1.82, 2.24) is 5.32 Å². The number of ether oxygens (including phenoxy) is 1. The van der Waals surface area contributed by atoms with Gasteiger partial charge in [0.2, 0.25) is 0 Å². The summed E-state index contributed by atoms with van der Waals surface area (Å²) < 4.78 is 5.56. The summed E-state index contributed by atoms with van der Waals surface area (Å²) in [6.07, 6.45) is 0. The van der Waals surface area contributed by atoms with Crippen LogP contribution in [-0.2, 0) is 6.54 Å². The van der Waals surface area contributed by atoms with E-state index in [1.807, 2.05) is 25.1 Å². The monoisotopic (exact) mass is 241 g/mol. The van der Waals surface area contributed by atoms with E-state index in [4.69, 9.17) is 16.3 Å². The highest BCUT2D eigenvalue weighted by Gasteiger charge is 2.12. The predicted molar refractivity (Wildman–Crippen MR) is 69.2 cm³/mol. The van der Waals surface area contributed by atoms with Gasteiger partial charge in [0, 0.05) is 17.6 Å². The number of para-hydroxylation sites is 1. The van der Waals surface area contributed by atoms with Crippen LogP contribution in [0.1, 0.15) is 33.3 Å². The molecule has 0 fully saturated rings. The molecule has 1 aromatic rings. The van der Waals surface area contributed by atoms with Gasteiger partial charge in [0.15, 0.2) is 0 Å². The van der Waals surface area contributed by atoms with E-state index in [1.165, 1.54) is 0 Å². The van der Waals surface area contributed by atoms with Gasteiger partial charge in [0.05, 0.1) is 11.6 Å². The molecule has 0 atom stereocenters. The summed E-state index contributed by atoms with van der Waals surface area (Å²) in [5.41, 5.74) is 1.19. The summed E-state index contributed by atoms with van der Waals surface area (Å²) in [6.45, 7) is 9.77. The normalized spacial score (nSPS) is 11.6. The maximum absolute atomic E-state index is 6.11. The predicted octanol–water partition coefficient (Wildman–Crippen LogP) is 3.63. The molecule has 3 heteroatoms. The topological polar surface area (TPSA) is 21.3 Å². The fourth-order valence-electron chi connectivity index (χ4n) is 1.36. The van der Waals surface area contributed by atoms with Crippen LogP contribution in [-0.4, -0.2) is 12.1 Å². The number of nitrogens with one attached hydrogen (secondary N) is 1. The quantitative estimate of drug-likeness (QED) is 0.869. The van der Waals surface area contributed by atoms with Gasteiger partial charge in [-0.3, -0.25) is 0 Å². The molecule has 0 aliphatic rings. The van der Waals surface area contributed by atoms with E-state index in [1.54, 1.807) is 0 Å². The zero-order valence-corrected chi connectivity index (χ0v) is 11.2. The largest absolute Gasteiger partial charge is 0.492 e. The maximum Gasteiger partial charge on any atom is 0.142 e. The first-order chi connectivity index (χ1) is 7.44. The third kappa shape index (κ3) is 4.03. The van der Waals surface area contributed by atoms with E-state index in [2.05, 4.69) is 26.1 Å². The van der Waals surface area contributed by atoms with E-state index in [0.29, 0.717) is 11.6 Å². The number of benzene rings is 1. The number of hydrogen-bond donors (Lipinski definition) is 1. The van der Waals surface area contributed by atoms with Crippen LogP contribution in [0.15, 0.2) is 18.2 Å². The molecule has 0 unspecified atom stereocenters. The molecule has 1 N–H and O–H groups in total. The minimum atomic E-state index is 0.0891. The van der Waals surface area contributed by atoms with Crippen molar-refractivity contribution in [3.05, 3.63) is 28.8 Å². The Bertz CT molecular complexity index is 344. The third-order valence-corrected chi connectivity index (χ3v) is 2.44. The SMILES string of the molecule is CCOc1c(Cl)cccc1CNC(C)(C)C. The van der Waals surface area contributed by atoms with Crippen molar-refractivity contribution in [2.75, 3.05) is 6.61 Å². The van der Waals surface area contributed by atoms with Gasteiger partial charge in [-0.15, -0.1) is 0 Å². The Hall–Kier alpha value is -0.730. The molecule has 0 spiro atoms. The highest BCUT2D eigenvalue weighted by molar-refractivity contribution is 6.32. The first-order valence-electron chi connectivity index (χ1n) is 5.59. The van der Waals surface area contributed by atoms with Gasteiger partial charge in [-0.05, 0) is 33.8 Å². The Labute approximate surface area is 103 Å². The van der Waals surface area contributed by atoms with E-state index < -0.39 is 0 Å². The molecule has 0 heterocycles. The van der Waals surface area contributed by atoms with Crippen LogP contribution in [0.4, 0.5) is 0 Å². The lowest BCUT2D eigenvalue weighted by atomic mass is 10.1. The van der Waals surface area contributed by atoms with Gasteiger partial charge in [-0.1, -0.05) is 23.7 Å². The lowest BCUT2D eigenvalue weighted by molar-refractivity contribution is 0.332. The lowest BCUT2D eigenvalue weighted by Gasteiger charge is -2.21. The second kappa shape index (κ2) is 5.55. The van der Waals surface area contributed by atoms with Crippen molar-refractivity contribution < 1.29 is 4.74 Å². The molecule has 0 bridgehead atoms. The molecule has 0 amide bonds. The van der Waals surface area contributed by atoms with Gasteiger partial charge in [0.1, 0.15) is 5.75 Å². The van der Waals surface area contributed by atoms with Crippen LogP contribution in [0.5, 0.6) is 5.75 Å². The average Bonchev–Trinajstić information content (AvgIpc) is 2.18. The van der Waals surface area contributed by atoms with Crippen LogP contribution in [0, 0.1) is 0 Å². The molecule has 0 radical (unpaired) electrons. The van der Waals surface area contributed by atoms with Crippen LogP contribution in [0.3, 0.4) is 0 Å². The van der Waals surface area contributed by atoms with Crippen molar-refractivity contribution in [2.45, 2.75) is 39.8 Å². The molecule has 90 valence electrons. The molecule has 16 heavy (non-hydrogen) atoms. The number of rotatable bonds is 4. The molecule has 1 rings (SSSR count). The van der Waals surface area contributed by atoms with Crippen molar-refractivity contribution in [3.63, 3.8) is 0 Å². The molecule has 0 aliphatic heterocycles. The second-order valence-electron chi connectivity index (χ2n) is 4.76. The standard InChI is InChI=1S/C13H20ClNO/c1-5-16-12-10(7-6-8-11(12)14)9-15-13(2,3)4/h6-8,15H,5,9H2,1-4H3. The van der Waals surface area contributed by atoms with Crippen LogP contribution in [0.2, 0.25) is 5.02 Å². The zero-order valence-electron chi connectivity index (χ0n) is 10.4. The van der Waals surface area contributed by atoms with E-state index in [9.17, 15) is 0 Å². The zero-order chi connectivity index (χ0) is 12.2. The third-order valence-electron chi connectivity index (χ3n) is 2.15. The van der Waals surface area contributed by atoms with Crippen molar-refractivity contribution in [3.8, 4) is 5.75 Å². The van der Waals surface area contributed by atoms with Crippen LogP contribution in [0.25, 0.3) is 0 Å². The Kier molecular flexibility index (Phi) is 4.63.